The molecule has 7 nitrogen and oxygen atoms in total. The van der Waals surface area contributed by atoms with Crippen molar-refractivity contribution < 1.29 is 13.2 Å². The standard InChI is InChI=1S/C20H18N4O3S2/c1-14-3-2-4-15-9-11-24(19(14)15)13-18(25)22-16-5-7-17(8-6-16)29(26,27)23-20-21-10-12-28-20/h2-12H,13H2,1H3,(H,21,23)(H,22,25). The number of aromatic nitrogens is 2. The molecule has 1 amide bonds. The molecule has 0 radical (unpaired) electrons. The zero-order valence-electron chi connectivity index (χ0n) is 15.5. The number of carbonyl (C=O) groups excluding carboxylic acids is 1. The van der Waals surface area contributed by atoms with Crippen molar-refractivity contribution in [2.75, 3.05) is 10.0 Å². The summed E-state index contributed by atoms with van der Waals surface area (Å²) in [5, 5.41) is 5.88. The van der Waals surface area contributed by atoms with Crippen LogP contribution in [0.25, 0.3) is 10.9 Å². The highest BCUT2D eigenvalue weighted by Crippen LogP contribution is 2.21. The Bertz CT molecular complexity index is 1260. The van der Waals surface area contributed by atoms with Gasteiger partial charge in [0.1, 0.15) is 6.54 Å². The molecular formula is C20H18N4O3S2. The van der Waals surface area contributed by atoms with Gasteiger partial charge >= 0.3 is 0 Å². The third-order valence-corrected chi connectivity index (χ3v) is 6.58. The minimum atomic E-state index is -3.72. The van der Waals surface area contributed by atoms with Gasteiger partial charge in [-0.25, -0.2) is 13.4 Å². The molecule has 0 saturated carbocycles. The van der Waals surface area contributed by atoms with E-state index >= 15 is 0 Å². The van der Waals surface area contributed by atoms with Gasteiger partial charge in [-0.2, -0.15) is 0 Å². The summed E-state index contributed by atoms with van der Waals surface area (Å²) >= 11 is 1.20. The second-order valence-corrected chi connectivity index (χ2v) is 9.05. The lowest BCUT2D eigenvalue weighted by molar-refractivity contribution is -0.116. The van der Waals surface area contributed by atoms with Crippen LogP contribution < -0.4 is 10.0 Å². The van der Waals surface area contributed by atoms with Crippen LogP contribution in [0.5, 0.6) is 0 Å². The van der Waals surface area contributed by atoms with Crippen molar-refractivity contribution in [2.45, 2.75) is 18.4 Å². The Hall–Kier alpha value is -3.17. The fourth-order valence-electron chi connectivity index (χ4n) is 3.11. The number of anilines is 2. The van der Waals surface area contributed by atoms with Crippen LogP contribution in [-0.2, 0) is 21.4 Å². The van der Waals surface area contributed by atoms with Crippen molar-refractivity contribution in [3.05, 3.63) is 71.9 Å². The Morgan fingerprint density at radius 1 is 1.14 bits per heavy atom. The van der Waals surface area contributed by atoms with E-state index in [1.54, 1.807) is 17.5 Å². The van der Waals surface area contributed by atoms with Crippen LogP contribution in [0.1, 0.15) is 5.56 Å². The maximum absolute atomic E-state index is 12.5. The molecule has 0 aliphatic rings. The fraction of sp³-hybridized carbons (Fsp3) is 0.100. The summed E-state index contributed by atoms with van der Waals surface area (Å²) in [6.07, 6.45) is 3.41. The fourth-order valence-corrected chi connectivity index (χ4v) is 4.89. The average molecular weight is 427 g/mol. The van der Waals surface area contributed by atoms with Gasteiger partial charge in [-0.1, -0.05) is 18.2 Å². The second-order valence-electron chi connectivity index (χ2n) is 6.47. The van der Waals surface area contributed by atoms with Crippen LogP contribution in [0.4, 0.5) is 10.8 Å². The van der Waals surface area contributed by atoms with Crippen LogP contribution in [-0.4, -0.2) is 23.9 Å². The van der Waals surface area contributed by atoms with Gasteiger partial charge < -0.3 is 9.88 Å². The Balaban J connectivity index is 1.45. The number of nitrogens with one attached hydrogen (secondary N) is 2. The Kier molecular flexibility index (Phi) is 5.08. The molecule has 29 heavy (non-hydrogen) atoms. The van der Waals surface area contributed by atoms with Crippen molar-refractivity contribution in [1.29, 1.82) is 0 Å². The summed E-state index contributed by atoms with van der Waals surface area (Å²) in [5.74, 6) is -0.192. The molecule has 0 aliphatic carbocycles. The van der Waals surface area contributed by atoms with Crippen molar-refractivity contribution in [1.82, 2.24) is 9.55 Å². The van der Waals surface area contributed by atoms with Crippen molar-refractivity contribution in [3.63, 3.8) is 0 Å². The van der Waals surface area contributed by atoms with Crippen LogP contribution in [0.15, 0.2) is 71.2 Å². The number of benzene rings is 2. The third kappa shape index (κ3) is 4.15. The van der Waals surface area contributed by atoms with Crippen LogP contribution in [0.2, 0.25) is 0 Å². The monoisotopic (exact) mass is 426 g/mol. The normalized spacial score (nSPS) is 11.5. The number of aryl methyl sites for hydroxylation is 1. The first-order valence-electron chi connectivity index (χ1n) is 8.79. The van der Waals surface area contributed by atoms with E-state index in [2.05, 4.69) is 15.0 Å². The lowest BCUT2D eigenvalue weighted by Crippen LogP contribution is -2.18. The first kappa shape index (κ1) is 19.2. The van der Waals surface area contributed by atoms with Gasteiger partial charge in [0.15, 0.2) is 5.13 Å². The Labute approximate surface area is 172 Å². The molecule has 4 aromatic rings. The number of para-hydroxylation sites is 1. The van der Waals surface area contributed by atoms with Crippen molar-refractivity contribution in [3.8, 4) is 0 Å². The van der Waals surface area contributed by atoms with E-state index in [0.717, 1.165) is 16.5 Å². The first-order chi connectivity index (χ1) is 13.9. The number of fused-ring (bicyclic) bond motifs is 1. The van der Waals surface area contributed by atoms with Crippen molar-refractivity contribution in [2.24, 2.45) is 0 Å². The minimum absolute atomic E-state index is 0.0951. The summed E-state index contributed by atoms with van der Waals surface area (Å²) < 4.78 is 29.0. The molecule has 0 unspecified atom stereocenters. The highest BCUT2D eigenvalue weighted by molar-refractivity contribution is 7.93. The number of hydrogen-bond donors (Lipinski definition) is 2. The van der Waals surface area contributed by atoms with E-state index in [1.165, 1.54) is 29.7 Å². The van der Waals surface area contributed by atoms with E-state index in [4.69, 9.17) is 0 Å². The topological polar surface area (TPSA) is 93.1 Å². The summed E-state index contributed by atoms with van der Waals surface area (Å²) in [4.78, 5) is 16.5. The predicted molar refractivity (Wildman–Crippen MR) is 115 cm³/mol. The van der Waals surface area contributed by atoms with Gasteiger partial charge in [0.05, 0.1) is 10.4 Å². The molecular weight excluding hydrogens is 408 g/mol. The molecule has 2 aromatic carbocycles. The van der Waals surface area contributed by atoms with E-state index in [-0.39, 0.29) is 17.3 Å². The van der Waals surface area contributed by atoms with Gasteiger partial charge in [0.25, 0.3) is 10.0 Å². The predicted octanol–water partition coefficient (Wildman–Crippen LogP) is 3.85. The number of hydrogen-bond acceptors (Lipinski definition) is 5. The average Bonchev–Trinajstić information content (AvgIpc) is 3.32. The molecule has 0 saturated heterocycles. The van der Waals surface area contributed by atoms with Gasteiger partial charge in [-0.15, -0.1) is 11.3 Å². The third-order valence-electron chi connectivity index (χ3n) is 4.41. The molecule has 9 heteroatoms. The largest absolute Gasteiger partial charge is 0.338 e. The van der Waals surface area contributed by atoms with Crippen LogP contribution >= 0.6 is 11.3 Å². The van der Waals surface area contributed by atoms with Gasteiger partial charge in [0.2, 0.25) is 5.91 Å². The highest BCUT2D eigenvalue weighted by Gasteiger charge is 2.15. The number of sulfonamides is 1. The number of amides is 1. The molecule has 2 aromatic heterocycles. The molecule has 4 rings (SSSR count). The Morgan fingerprint density at radius 2 is 1.93 bits per heavy atom. The van der Waals surface area contributed by atoms with Gasteiger partial charge in [-0.3, -0.25) is 9.52 Å². The maximum Gasteiger partial charge on any atom is 0.263 e. The zero-order chi connectivity index (χ0) is 20.4. The molecule has 0 spiro atoms. The number of nitrogens with zero attached hydrogens (tertiary/aromatic N) is 2. The Morgan fingerprint density at radius 3 is 2.66 bits per heavy atom. The van der Waals surface area contributed by atoms with Crippen LogP contribution in [0.3, 0.4) is 0 Å². The molecule has 0 bridgehead atoms. The summed E-state index contributed by atoms with van der Waals surface area (Å²) in [6.45, 7) is 2.18. The number of rotatable bonds is 6. The molecule has 2 N–H and O–H groups in total. The quantitative estimate of drug-likeness (QED) is 0.490. The van der Waals surface area contributed by atoms with Gasteiger partial charge in [0, 0.05) is 23.5 Å². The summed E-state index contributed by atoms with van der Waals surface area (Å²) in [6, 6.07) is 14.0. The van der Waals surface area contributed by atoms with Crippen molar-refractivity contribution >= 4 is 49.0 Å². The second kappa shape index (κ2) is 7.69. The maximum atomic E-state index is 12.5. The van der Waals surface area contributed by atoms with E-state index in [9.17, 15) is 13.2 Å². The molecule has 2 heterocycles. The first-order valence-corrected chi connectivity index (χ1v) is 11.2. The van der Waals surface area contributed by atoms with E-state index < -0.39 is 10.0 Å². The molecule has 0 atom stereocenters. The lowest BCUT2D eigenvalue weighted by Gasteiger charge is -2.10. The smallest absolute Gasteiger partial charge is 0.263 e. The molecule has 148 valence electrons. The zero-order valence-corrected chi connectivity index (χ0v) is 17.1. The highest BCUT2D eigenvalue weighted by atomic mass is 32.2. The van der Waals surface area contributed by atoms with Gasteiger partial charge in [-0.05, 0) is 48.2 Å². The summed E-state index contributed by atoms with van der Waals surface area (Å²) in [7, 11) is -3.72. The molecule has 0 fully saturated rings. The minimum Gasteiger partial charge on any atom is -0.338 e. The molecule has 0 aliphatic heterocycles. The lowest BCUT2D eigenvalue weighted by atomic mass is 10.2. The van der Waals surface area contributed by atoms with E-state index in [1.807, 2.05) is 42.0 Å². The van der Waals surface area contributed by atoms with E-state index in [0.29, 0.717) is 10.8 Å². The van der Waals surface area contributed by atoms with Crippen LogP contribution in [0, 0.1) is 6.92 Å². The number of thiazole rings is 1. The SMILES string of the molecule is Cc1cccc2ccn(CC(=O)Nc3ccc(S(=O)(=O)Nc4nccs4)cc3)c12. The number of carbonyl (C=O) groups is 1. The summed E-state index contributed by atoms with van der Waals surface area (Å²) in [5.41, 5.74) is 2.65.